The van der Waals surface area contributed by atoms with Crippen LogP contribution in [0.15, 0.2) is 53.5 Å². The summed E-state index contributed by atoms with van der Waals surface area (Å²) in [6.07, 6.45) is 3.10. The van der Waals surface area contributed by atoms with E-state index < -0.39 is 34.7 Å². The van der Waals surface area contributed by atoms with Gasteiger partial charge < -0.3 is 15.4 Å². The number of aliphatic hydroxyl groups is 1. The summed E-state index contributed by atoms with van der Waals surface area (Å²) in [7, 11) is 0. The van der Waals surface area contributed by atoms with Gasteiger partial charge in [0.2, 0.25) is 0 Å². The summed E-state index contributed by atoms with van der Waals surface area (Å²) >= 11 is 5.77. The number of hydrogen-bond donors (Lipinski definition) is 3. The lowest BCUT2D eigenvalue weighted by Crippen LogP contribution is -2.42. The molecule has 0 aliphatic heterocycles. The van der Waals surface area contributed by atoms with Gasteiger partial charge in [0, 0.05) is 17.3 Å². The summed E-state index contributed by atoms with van der Waals surface area (Å²) < 4.78 is 28.8. The minimum atomic E-state index is -1.37. The van der Waals surface area contributed by atoms with Gasteiger partial charge in [-0.05, 0) is 68.5 Å². The number of rotatable bonds is 6. The number of hydrogen-bond acceptors (Lipinski definition) is 4. The maximum absolute atomic E-state index is 14.0. The minimum Gasteiger partial charge on any atom is -0.388 e. The molecule has 1 aliphatic carbocycles. The van der Waals surface area contributed by atoms with Crippen LogP contribution in [0.5, 0.6) is 0 Å². The summed E-state index contributed by atoms with van der Waals surface area (Å²) in [5.41, 5.74) is 0.0822. The Balaban J connectivity index is 1.58. The zero-order valence-corrected chi connectivity index (χ0v) is 20.2. The van der Waals surface area contributed by atoms with E-state index in [1.54, 1.807) is 13.8 Å². The Morgan fingerprint density at radius 2 is 1.92 bits per heavy atom. The van der Waals surface area contributed by atoms with Crippen molar-refractivity contribution in [1.82, 2.24) is 19.9 Å². The standard InChI is InChI=1S/C26H23ClF2N4O3/c1-26(2,36)22(14-5-8-16(28)9-6-14)30-24(34)17-12-33-21(20(17)13-3-4-13)25(35)31-23(32-33)15-7-10-18(27)19(29)11-15/h5-13,22,36H,3-4H2,1-2H3,(H,30,34)(H,31,32,35)/t22-/m0/s1. The smallest absolute Gasteiger partial charge is 0.275 e. The number of carbonyl (C=O) groups is 1. The van der Waals surface area contributed by atoms with Gasteiger partial charge in [0.25, 0.3) is 11.5 Å². The monoisotopic (exact) mass is 512 g/mol. The molecular weight excluding hydrogens is 490 g/mol. The number of amides is 1. The third-order valence-electron chi connectivity index (χ3n) is 6.29. The number of nitrogens with zero attached hydrogens (tertiary/aromatic N) is 2. The van der Waals surface area contributed by atoms with Crippen LogP contribution in [0.2, 0.25) is 5.02 Å². The maximum Gasteiger partial charge on any atom is 0.275 e. The lowest BCUT2D eigenvalue weighted by molar-refractivity contribution is 0.0343. The second-order valence-electron chi connectivity index (χ2n) is 9.57. The number of fused-ring (bicyclic) bond motifs is 1. The van der Waals surface area contributed by atoms with Crippen LogP contribution in [0.4, 0.5) is 8.78 Å². The first-order valence-electron chi connectivity index (χ1n) is 11.4. The SMILES string of the molecule is CC(C)(O)[C@@H](NC(=O)c1cn2nc(-c3ccc(Cl)c(F)c3)[nH]c(=O)c2c1C1CC1)c1ccc(F)cc1. The topological polar surface area (TPSA) is 99.5 Å². The Hall–Kier alpha value is -3.56. The van der Waals surface area contributed by atoms with E-state index in [2.05, 4.69) is 15.4 Å². The van der Waals surface area contributed by atoms with Gasteiger partial charge in [-0.15, -0.1) is 5.10 Å². The van der Waals surface area contributed by atoms with Crippen molar-refractivity contribution in [2.75, 3.05) is 0 Å². The second-order valence-corrected chi connectivity index (χ2v) is 9.97. The summed E-state index contributed by atoms with van der Waals surface area (Å²) in [6, 6.07) is 8.74. The van der Waals surface area contributed by atoms with Crippen molar-refractivity contribution < 1.29 is 18.7 Å². The zero-order valence-electron chi connectivity index (χ0n) is 19.5. The van der Waals surface area contributed by atoms with Gasteiger partial charge in [0.15, 0.2) is 5.82 Å². The normalized spacial score (nSPS) is 14.7. The molecule has 1 amide bonds. The molecule has 0 saturated heterocycles. The fourth-order valence-corrected chi connectivity index (χ4v) is 4.50. The first-order chi connectivity index (χ1) is 17.0. The molecule has 1 atom stereocenters. The van der Waals surface area contributed by atoms with E-state index in [9.17, 15) is 23.5 Å². The van der Waals surface area contributed by atoms with Gasteiger partial charge in [-0.2, -0.15) is 0 Å². The molecule has 0 spiro atoms. The Morgan fingerprint density at radius 3 is 2.53 bits per heavy atom. The molecule has 0 unspecified atom stereocenters. The molecule has 5 rings (SSSR count). The molecule has 36 heavy (non-hydrogen) atoms. The van der Waals surface area contributed by atoms with Gasteiger partial charge in [0.1, 0.15) is 17.2 Å². The van der Waals surface area contributed by atoms with Gasteiger partial charge in [0.05, 0.1) is 22.2 Å². The number of H-pyrrole nitrogens is 1. The number of halogens is 3. The molecule has 0 bridgehead atoms. The number of aromatic amines is 1. The Labute approximate surface area is 209 Å². The van der Waals surface area contributed by atoms with E-state index in [0.29, 0.717) is 16.7 Å². The molecule has 4 aromatic rings. The fraction of sp³-hybridized carbons (Fsp3) is 0.269. The number of aromatic nitrogens is 3. The summed E-state index contributed by atoms with van der Waals surface area (Å²) in [5, 5.41) is 18.0. The van der Waals surface area contributed by atoms with E-state index in [-0.39, 0.29) is 27.8 Å². The van der Waals surface area contributed by atoms with Crippen LogP contribution >= 0.6 is 11.6 Å². The summed E-state index contributed by atoms with van der Waals surface area (Å²) in [5.74, 6) is -1.45. The van der Waals surface area contributed by atoms with Crippen LogP contribution < -0.4 is 10.9 Å². The molecule has 2 aromatic carbocycles. The van der Waals surface area contributed by atoms with Gasteiger partial charge >= 0.3 is 0 Å². The third kappa shape index (κ3) is 4.52. The average Bonchev–Trinajstić information content (AvgIpc) is 3.58. The molecule has 2 aromatic heterocycles. The van der Waals surface area contributed by atoms with Crippen molar-refractivity contribution in [2.45, 2.75) is 44.2 Å². The van der Waals surface area contributed by atoms with Crippen LogP contribution in [0.3, 0.4) is 0 Å². The summed E-state index contributed by atoms with van der Waals surface area (Å²) in [6.45, 7) is 3.09. The van der Waals surface area contributed by atoms with Crippen LogP contribution in [0.1, 0.15) is 60.1 Å². The average molecular weight is 513 g/mol. The van der Waals surface area contributed by atoms with Gasteiger partial charge in [-0.1, -0.05) is 23.7 Å². The van der Waals surface area contributed by atoms with E-state index >= 15 is 0 Å². The molecule has 0 radical (unpaired) electrons. The highest BCUT2D eigenvalue weighted by Gasteiger charge is 2.36. The molecule has 3 N–H and O–H groups in total. The molecule has 1 aliphatic rings. The van der Waals surface area contributed by atoms with Crippen molar-refractivity contribution in [3.63, 3.8) is 0 Å². The molecule has 186 valence electrons. The molecule has 1 saturated carbocycles. The highest BCUT2D eigenvalue weighted by Crippen LogP contribution is 2.44. The van der Waals surface area contributed by atoms with Gasteiger partial charge in [-0.3, -0.25) is 9.59 Å². The van der Waals surface area contributed by atoms with Crippen LogP contribution in [-0.2, 0) is 0 Å². The Morgan fingerprint density at radius 1 is 1.22 bits per heavy atom. The fourth-order valence-electron chi connectivity index (χ4n) is 4.38. The van der Waals surface area contributed by atoms with Crippen LogP contribution in [0.25, 0.3) is 16.9 Å². The minimum absolute atomic E-state index is 0.0175. The van der Waals surface area contributed by atoms with Crippen LogP contribution in [-0.4, -0.2) is 31.2 Å². The highest BCUT2D eigenvalue weighted by molar-refractivity contribution is 6.30. The molecular formula is C26H23ClF2N4O3. The lowest BCUT2D eigenvalue weighted by Gasteiger charge is -2.30. The first kappa shape index (κ1) is 24.1. The second kappa shape index (κ2) is 8.83. The van der Waals surface area contributed by atoms with Crippen molar-refractivity contribution in [1.29, 1.82) is 0 Å². The quantitative estimate of drug-likeness (QED) is 0.347. The molecule has 2 heterocycles. The number of benzene rings is 2. The number of carbonyl (C=O) groups excluding carboxylic acids is 1. The number of nitrogens with one attached hydrogen (secondary N) is 2. The van der Waals surface area contributed by atoms with E-state index in [1.165, 1.54) is 53.2 Å². The third-order valence-corrected chi connectivity index (χ3v) is 6.60. The predicted octanol–water partition coefficient (Wildman–Crippen LogP) is 4.74. The molecule has 1 fully saturated rings. The van der Waals surface area contributed by atoms with Crippen molar-refractivity contribution in [3.05, 3.63) is 92.4 Å². The van der Waals surface area contributed by atoms with Crippen molar-refractivity contribution in [3.8, 4) is 11.4 Å². The summed E-state index contributed by atoms with van der Waals surface area (Å²) in [4.78, 5) is 29.3. The van der Waals surface area contributed by atoms with Crippen molar-refractivity contribution >= 4 is 23.0 Å². The maximum atomic E-state index is 14.0. The van der Waals surface area contributed by atoms with E-state index in [1.807, 2.05) is 0 Å². The zero-order chi connectivity index (χ0) is 25.8. The largest absolute Gasteiger partial charge is 0.388 e. The van der Waals surface area contributed by atoms with E-state index in [4.69, 9.17) is 11.6 Å². The molecule has 10 heteroatoms. The van der Waals surface area contributed by atoms with Gasteiger partial charge in [-0.25, -0.2) is 13.3 Å². The van der Waals surface area contributed by atoms with Crippen molar-refractivity contribution in [2.24, 2.45) is 0 Å². The Bertz CT molecular complexity index is 1540. The Kier molecular flexibility index (Phi) is 5.92. The molecule has 7 nitrogen and oxygen atoms in total. The van der Waals surface area contributed by atoms with Crippen LogP contribution in [0, 0.1) is 11.6 Å². The highest BCUT2D eigenvalue weighted by atomic mass is 35.5. The first-order valence-corrected chi connectivity index (χ1v) is 11.8. The van der Waals surface area contributed by atoms with E-state index in [0.717, 1.165) is 12.8 Å². The predicted molar refractivity (Wildman–Crippen MR) is 131 cm³/mol. The lowest BCUT2D eigenvalue weighted by atomic mass is 9.91.